The summed E-state index contributed by atoms with van der Waals surface area (Å²) in [5.74, 6) is 1.30. The molecule has 0 bridgehead atoms. The van der Waals surface area contributed by atoms with E-state index < -0.39 is 0 Å². The Morgan fingerprint density at radius 2 is 1.56 bits per heavy atom. The molecule has 3 aromatic rings. The minimum absolute atomic E-state index is 0.585. The highest BCUT2D eigenvalue weighted by Gasteiger charge is 2.14. The first-order valence-corrected chi connectivity index (χ1v) is 9.33. The molecule has 2 aromatic carbocycles. The number of benzene rings is 2. The van der Waals surface area contributed by atoms with Gasteiger partial charge in [-0.1, -0.05) is 44.0 Å². The first-order chi connectivity index (χ1) is 11.8. The molecule has 1 unspecified atom stereocenters. The van der Waals surface area contributed by atoms with Crippen molar-refractivity contribution in [2.45, 2.75) is 53.9 Å². The number of aromatic nitrogens is 1. The van der Waals surface area contributed by atoms with Crippen LogP contribution in [0.1, 0.15) is 55.4 Å². The minimum Gasteiger partial charge on any atom is -0.256 e. The van der Waals surface area contributed by atoms with E-state index in [2.05, 4.69) is 77.9 Å². The van der Waals surface area contributed by atoms with Crippen LogP contribution in [0.25, 0.3) is 22.0 Å². The lowest BCUT2D eigenvalue weighted by Crippen LogP contribution is -2.01. The van der Waals surface area contributed by atoms with Crippen LogP contribution in [0.2, 0.25) is 0 Å². The maximum Gasteiger partial charge on any atom is 0.0780 e. The number of rotatable bonds is 4. The van der Waals surface area contributed by atoms with Crippen LogP contribution in [0.4, 0.5) is 0 Å². The third kappa shape index (κ3) is 3.76. The van der Waals surface area contributed by atoms with E-state index in [1.807, 2.05) is 6.20 Å². The topological polar surface area (TPSA) is 12.9 Å². The molecule has 0 aliphatic heterocycles. The molecule has 0 saturated carbocycles. The standard InChI is InChI=1S/C24H29N/c1-15(2)9-18(5)22-14-20-7-8-25-24(23(20)13-19(22)6)21-11-16(3)10-17(4)12-21/h7-8,10-15,18H,9H2,1-6H3. The van der Waals surface area contributed by atoms with Crippen LogP contribution in [0.5, 0.6) is 0 Å². The highest BCUT2D eigenvalue weighted by molar-refractivity contribution is 5.95. The molecule has 0 fully saturated rings. The highest BCUT2D eigenvalue weighted by Crippen LogP contribution is 2.33. The Morgan fingerprint density at radius 1 is 0.880 bits per heavy atom. The Labute approximate surface area is 152 Å². The SMILES string of the molecule is Cc1cc(C)cc(-c2nccc3cc(C(C)CC(C)C)c(C)cc23)c1. The zero-order valence-electron chi connectivity index (χ0n) is 16.4. The van der Waals surface area contributed by atoms with Crippen LogP contribution in [-0.2, 0) is 0 Å². The van der Waals surface area contributed by atoms with Gasteiger partial charge in [-0.3, -0.25) is 4.98 Å². The Morgan fingerprint density at radius 3 is 2.20 bits per heavy atom. The lowest BCUT2D eigenvalue weighted by Gasteiger charge is -2.18. The van der Waals surface area contributed by atoms with Gasteiger partial charge in [0.25, 0.3) is 0 Å². The quantitative estimate of drug-likeness (QED) is 0.502. The largest absolute Gasteiger partial charge is 0.256 e. The molecule has 0 spiro atoms. The predicted molar refractivity (Wildman–Crippen MR) is 109 cm³/mol. The molecule has 1 heterocycles. The molecule has 0 aliphatic rings. The Hall–Kier alpha value is -2.15. The van der Waals surface area contributed by atoms with Gasteiger partial charge in [0.15, 0.2) is 0 Å². The first kappa shape index (κ1) is 17.7. The van der Waals surface area contributed by atoms with Gasteiger partial charge in [-0.05, 0) is 79.8 Å². The normalized spacial score (nSPS) is 12.8. The summed E-state index contributed by atoms with van der Waals surface area (Å²) in [6, 6.07) is 13.5. The zero-order chi connectivity index (χ0) is 18.1. The van der Waals surface area contributed by atoms with E-state index in [0.717, 1.165) is 5.69 Å². The molecular formula is C24H29N. The zero-order valence-corrected chi connectivity index (χ0v) is 16.4. The Bertz CT molecular complexity index is 885. The van der Waals surface area contributed by atoms with Crippen molar-refractivity contribution in [3.63, 3.8) is 0 Å². The maximum atomic E-state index is 4.72. The van der Waals surface area contributed by atoms with Crippen LogP contribution in [-0.4, -0.2) is 4.98 Å². The summed E-state index contributed by atoms with van der Waals surface area (Å²) in [6.45, 7) is 13.5. The van der Waals surface area contributed by atoms with Crippen LogP contribution in [0.3, 0.4) is 0 Å². The monoisotopic (exact) mass is 331 g/mol. The van der Waals surface area contributed by atoms with Crippen LogP contribution < -0.4 is 0 Å². The molecular weight excluding hydrogens is 302 g/mol. The first-order valence-electron chi connectivity index (χ1n) is 9.33. The fourth-order valence-corrected chi connectivity index (χ4v) is 4.05. The molecule has 0 aliphatic carbocycles. The number of hydrogen-bond acceptors (Lipinski definition) is 1. The molecule has 1 atom stereocenters. The van der Waals surface area contributed by atoms with Crippen LogP contribution >= 0.6 is 0 Å². The van der Waals surface area contributed by atoms with Crippen molar-refractivity contribution in [3.8, 4) is 11.3 Å². The number of fused-ring (bicyclic) bond motifs is 1. The van der Waals surface area contributed by atoms with E-state index in [0.29, 0.717) is 11.8 Å². The van der Waals surface area contributed by atoms with Crippen molar-refractivity contribution in [3.05, 3.63) is 64.8 Å². The van der Waals surface area contributed by atoms with Crippen LogP contribution in [0, 0.1) is 26.7 Å². The van der Waals surface area contributed by atoms with Crippen molar-refractivity contribution in [1.29, 1.82) is 0 Å². The fourth-order valence-electron chi connectivity index (χ4n) is 4.05. The fraction of sp³-hybridized carbons (Fsp3) is 0.375. The summed E-state index contributed by atoms with van der Waals surface area (Å²) in [7, 11) is 0. The molecule has 3 rings (SSSR count). The van der Waals surface area contributed by atoms with Gasteiger partial charge in [0.05, 0.1) is 5.69 Å². The lowest BCUT2D eigenvalue weighted by molar-refractivity contribution is 0.522. The van der Waals surface area contributed by atoms with Gasteiger partial charge in [-0.2, -0.15) is 0 Å². The highest BCUT2D eigenvalue weighted by atomic mass is 14.7. The van der Waals surface area contributed by atoms with Gasteiger partial charge in [-0.15, -0.1) is 0 Å². The van der Waals surface area contributed by atoms with Crippen molar-refractivity contribution in [2.75, 3.05) is 0 Å². The van der Waals surface area contributed by atoms with E-state index in [-0.39, 0.29) is 0 Å². The smallest absolute Gasteiger partial charge is 0.0780 e. The molecule has 1 nitrogen and oxygen atoms in total. The van der Waals surface area contributed by atoms with Crippen molar-refractivity contribution in [2.24, 2.45) is 5.92 Å². The molecule has 0 saturated heterocycles. The lowest BCUT2D eigenvalue weighted by atomic mass is 9.87. The third-order valence-electron chi connectivity index (χ3n) is 5.00. The van der Waals surface area contributed by atoms with Crippen molar-refractivity contribution < 1.29 is 0 Å². The van der Waals surface area contributed by atoms with Gasteiger partial charge in [0.2, 0.25) is 0 Å². The Balaban J connectivity index is 2.15. The Kier molecular flexibility index (Phi) is 4.94. The van der Waals surface area contributed by atoms with Gasteiger partial charge in [0.1, 0.15) is 0 Å². The molecule has 0 N–H and O–H groups in total. The second-order valence-electron chi connectivity index (χ2n) is 8.00. The number of aryl methyl sites for hydroxylation is 3. The van der Waals surface area contributed by atoms with E-state index in [9.17, 15) is 0 Å². The van der Waals surface area contributed by atoms with Gasteiger partial charge < -0.3 is 0 Å². The summed E-state index contributed by atoms with van der Waals surface area (Å²) >= 11 is 0. The summed E-state index contributed by atoms with van der Waals surface area (Å²) in [5, 5.41) is 2.55. The molecule has 0 radical (unpaired) electrons. The average molecular weight is 332 g/mol. The van der Waals surface area contributed by atoms with E-state index >= 15 is 0 Å². The molecule has 25 heavy (non-hydrogen) atoms. The predicted octanol–water partition coefficient (Wildman–Crippen LogP) is 6.98. The average Bonchev–Trinajstić information content (AvgIpc) is 2.52. The van der Waals surface area contributed by atoms with Crippen molar-refractivity contribution >= 4 is 10.8 Å². The summed E-state index contributed by atoms with van der Waals surface area (Å²) in [6.07, 6.45) is 3.17. The number of pyridine rings is 1. The minimum atomic E-state index is 0.585. The van der Waals surface area contributed by atoms with E-state index in [1.54, 1.807) is 0 Å². The summed E-state index contributed by atoms with van der Waals surface area (Å²) < 4.78 is 0. The summed E-state index contributed by atoms with van der Waals surface area (Å²) in [4.78, 5) is 4.72. The molecule has 1 aromatic heterocycles. The van der Waals surface area contributed by atoms with Gasteiger partial charge >= 0.3 is 0 Å². The van der Waals surface area contributed by atoms with E-state index in [4.69, 9.17) is 4.98 Å². The second-order valence-corrected chi connectivity index (χ2v) is 8.00. The molecule has 130 valence electrons. The molecule has 0 amide bonds. The maximum absolute atomic E-state index is 4.72. The van der Waals surface area contributed by atoms with Gasteiger partial charge in [0, 0.05) is 17.1 Å². The second kappa shape index (κ2) is 7.00. The molecule has 1 heteroatoms. The number of hydrogen-bond donors (Lipinski definition) is 0. The summed E-state index contributed by atoms with van der Waals surface area (Å²) in [5.41, 5.74) is 7.72. The third-order valence-corrected chi connectivity index (χ3v) is 5.00. The van der Waals surface area contributed by atoms with Crippen LogP contribution in [0.15, 0.2) is 42.6 Å². The van der Waals surface area contributed by atoms with E-state index in [1.165, 1.54) is 45.0 Å². The van der Waals surface area contributed by atoms with Crippen molar-refractivity contribution in [1.82, 2.24) is 4.98 Å². The number of nitrogens with zero attached hydrogens (tertiary/aromatic N) is 1. The van der Waals surface area contributed by atoms with Gasteiger partial charge in [-0.25, -0.2) is 0 Å².